The van der Waals surface area contributed by atoms with E-state index in [1.165, 1.54) is 0 Å². The summed E-state index contributed by atoms with van der Waals surface area (Å²) >= 11 is 0. The van der Waals surface area contributed by atoms with Gasteiger partial charge in [0.05, 0.1) is 12.0 Å². The number of aryl methyl sites for hydroxylation is 1. The van der Waals surface area contributed by atoms with Crippen LogP contribution in [0.2, 0.25) is 0 Å². The van der Waals surface area contributed by atoms with E-state index in [0.29, 0.717) is 18.5 Å². The van der Waals surface area contributed by atoms with E-state index in [0.717, 1.165) is 0 Å². The van der Waals surface area contributed by atoms with Crippen LogP contribution < -0.4 is 21.9 Å². The third-order valence-corrected chi connectivity index (χ3v) is 3.26. The van der Waals surface area contributed by atoms with E-state index in [1.54, 1.807) is 24.1 Å². The van der Waals surface area contributed by atoms with E-state index in [2.05, 4.69) is 15.6 Å². The highest BCUT2D eigenvalue weighted by Gasteiger charge is 2.30. The Balaban J connectivity index is 2.00. The molecule has 9 heteroatoms. The van der Waals surface area contributed by atoms with E-state index in [4.69, 9.17) is 5.84 Å². The second-order valence-electron chi connectivity index (χ2n) is 4.96. The number of nitrogens with two attached hydrogens (primary N) is 1. The van der Waals surface area contributed by atoms with Crippen LogP contribution in [0.15, 0.2) is 12.5 Å². The monoisotopic (exact) mass is 294 g/mol. The third kappa shape index (κ3) is 3.78. The summed E-state index contributed by atoms with van der Waals surface area (Å²) in [6.07, 6.45) is 4.31. The summed E-state index contributed by atoms with van der Waals surface area (Å²) in [5.41, 5.74) is 2.68. The lowest BCUT2D eigenvalue weighted by molar-refractivity contribution is -0.130. The minimum Gasteiger partial charge on any atom is -0.344 e. The number of nitrogens with one attached hydrogen (secondary N) is 3. The summed E-state index contributed by atoms with van der Waals surface area (Å²) in [5, 5.41) is 5.14. The lowest BCUT2D eigenvalue weighted by Gasteiger charge is -2.18. The Morgan fingerprint density at radius 1 is 1.62 bits per heavy atom. The van der Waals surface area contributed by atoms with Gasteiger partial charge in [-0.05, 0) is 6.42 Å². The summed E-state index contributed by atoms with van der Waals surface area (Å²) in [7, 11) is 1.81. The number of carbonyl (C=O) groups excluding carboxylic acids is 3. The summed E-state index contributed by atoms with van der Waals surface area (Å²) in [6, 6.07) is -1.44. The van der Waals surface area contributed by atoms with Gasteiger partial charge < -0.3 is 15.2 Å². The number of hydrogen-bond donors (Lipinski definition) is 4. The predicted octanol–water partition coefficient (Wildman–Crippen LogP) is -2.28. The van der Waals surface area contributed by atoms with Crippen molar-refractivity contribution in [2.24, 2.45) is 12.9 Å². The van der Waals surface area contributed by atoms with E-state index in [9.17, 15) is 14.4 Å². The number of imidazole rings is 1. The molecular formula is C12H18N6O3. The Bertz CT molecular complexity index is 555. The van der Waals surface area contributed by atoms with Crippen molar-refractivity contribution in [3.05, 3.63) is 18.2 Å². The molecule has 9 nitrogen and oxygen atoms in total. The average Bonchev–Trinajstić information content (AvgIpc) is 3.06. The number of rotatable bonds is 5. The zero-order valence-electron chi connectivity index (χ0n) is 11.6. The van der Waals surface area contributed by atoms with Crippen LogP contribution in [0.25, 0.3) is 0 Å². The van der Waals surface area contributed by atoms with Crippen LogP contribution in [0, 0.1) is 0 Å². The highest BCUT2D eigenvalue weighted by Crippen LogP contribution is 2.08. The Morgan fingerprint density at radius 3 is 2.90 bits per heavy atom. The van der Waals surface area contributed by atoms with Gasteiger partial charge in [0.25, 0.3) is 5.91 Å². The Hall–Kier alpha value is -2.42. The molecular weight excluding hydrogens is 276 g/mol. The second-order valence-corrected chi connectivity index (χ2v) is 4.96. The molecule has 1 saturated heterocycles. The van der Waals surface area contributed by atoms with Crippen molar-refractivity contribution < 1.29 is 14.4 Å². The molecule has 0 aliphatic carbocycles. The molecule has 2 rings (SSSR count). The topological polar surface area (TPSA) is 131 Å². The van der Waals surface area contributed by atoms with Crippen LogP contribution in [0.5, 0.6) is 0 Å². The highest BCUT2D eigenvalue weighted by molar-refractivity contribution is 5.93. The molecule has 5 N–H and O–H groups in total. The molecule has 114 valence electrons. The first-order valence-electron chi connectivity index (χ1n) is 6.56. The molecule has 0 saturated carbocycles. The Labute approximate surface area is 121 Å². The standard InChI is InChI=1S/C12H18N6O3/c1-18-5-7(14-6-18)4-9(12(21)17-13)16-11(20)8-2-3-10(19)15-8/h5-6,8-9H,2-4,13H2,1H3,(H,15,19)(H,16,20)(H,17,21)/t8-,9-/m0/s1. The van der Waals surface area contributed by atoms with Gasteiger partial charge in [-0.2, -0.15) is 0 Å². The Morgan fingerprint density at radius 2 is 2.38 bits per heavy atom. The minimum atomic E-state index is -0.838. The molecule has 0 aromatic carbocycles. The largest absolute Gasteiger partial charge is 0.344 e. The molecule has 2 atom stereocenters. The van der Waals surface area contributed by atoms with E-state index in [-0.39, 0.29) is 12.3 Å². The molecule has 1 aromatic rings. The molecule has 2 heterocycles. The van der Waals surface area contributed by atoms with Crippen LogP contribution in [0.3, 0.4) is 0 Å². The number of amides is 3. The summed E-state index contributed by atoms with van der Waals surface area (Å²) in [4.78, 5) is 39.0. The third-order valence-electron chi connectivity index (χ3n) is 3.26. The minimum absolute atomic E-state index is 0.167. The molecule has 1 aliphatic rings. The number of hydrogen-bond acceptors (Lipinski definition) is 5. The lowest BCUT2D eigenvalue weighted by atomic mass is 10.1. The van der Waals surface area contributed by atoms with Gasteiger partial charge in [-0.3, -0.25) is 19.8 Å². The lowest BCUT2D eigenvalue weighted by Crippen LogP contribution is -2.53. The van der Waals surface area contributed by atoms with Crippen LogP contribution in [-0.4, -0.2) is 39.4 Å². The molecule has 1 fully saturated rings. The number of nitrogens with zero attached hydrogens (tertiary/aromatic N) is 2. The van der Waals surface area contributed by atoms with Crippen molar-refractivity contribution in [3.63, 3.8) is 0 Å². The number of carbonyl (C=O) groups is 3. The summed E-state index contributed by atoms with van der Waals surface area (Å²) in [6.45, 7) is 0. The quantitative estimate of drug-likeness (QED) is 0.276. The second kappa shape index (κ2) is 6.35. The molecule has 0 spiro atoms. The highest BCUT2D eigenvalue weighted by atomic mass is 16.2. The summed E-state index contributed by atoms with van der Waals surface area (Å²) < 4.78 is 1.74. The predicted molar refractivity (Wildman–Crippen MR) is 72.3 cm³/mol. The molecule has 21 heavy (non-hydrogen) atoms. The van der Waals surface area contributed by atoms with Gasteiger partial charge in [0, 0.05) is 26.1 Å². The van der Waals surface area contributed by atoms with Crippen molar-refractivity contribution in [3.8, 4) is 0 Å². The maximum absolute atomic E-state index is 12.0. The molecule has 1 aromatic heterocycles. The first kappa shape index (κ1) is 15.0. The van der Waals surface area contributed by atoms with Crippen LogP contribution in [0.1, 0.15) is 18.5 Å². The maximum atomic E-state index is 12.0. The molecule has 0 radical (unpaired) electrons. The van der Waals surface area contributed by atoms with E-state index in [1.807, 2.05) is 5.43 Å². The van der Waals surface area contributed by atoms with Gasteiger partial charge in [0.1, 0.15) is 12.1 Å². The van der Waals surface area contributed by atoms with Gasteiger partial charge >= 0.3 is 0 Å². The number of hydrazine groups is 1. The maximum Gasteiger partial charge on any atom is 0.256 e. The van der Waals surface area contributed by atoms with Crippen LogP contribution >= 0.6 is 0 Å². The first-order chi connectivity index (χ1) is 9.99. The molecule has 1 aliphatic heterocycles. The SMILES string of the molecule is Cn1cnc(C[C@H](NC(=O)[C@@H]2CCC(=O)N2)C(=O)NN)c1. The first-order valence-corrected chi connectivity index (χ1v) is 6.56. The smallest absolute Gasteiger partial charge is 0.256 e. The number of aromatic nitrogens is 2. The van der Waals surface area contributed by atoms with E-state index >= 15 is 0 Å². The van der Waals surface area contributed by atoms with Crippen LogP contribution in [-0.2, 0) is 27.9 Å². The van der Waals surface area contributed by atoms with Gasteiger partial charge in [0.2, 0.25) is 11.8 Å². The molecule has 0 unspecified atom stereocenters. The van der Waals surface area contributed by atoms with Crippen molar-refractivity contribution in [1.82, 2.24) is 25.6 Å². The van der Waals surface area contributed by atoms with Crippen molar-refractivity contribution >= 4 is 17.7 Å². The van der Waals surface area contributed by atoms with Gasteiger partial charge in [-0.1, -0.05) is 0 Å². The Kier molecular flexibility index (Phi) is 4.53. The van der Waals surface area contributed by atoms with Gasteiger partial charge in [0.15, 0.2) is 0 Å². The van der Waals surface area contributed by atoms with Crippen molar-refractivity contribution in [2.45, 2.75) is 31.3 Å². The van der Waals surface area contributed by atoms with Gasteiger partial charge in [-0.15, -0.1) is 0 Å². The fourth-order valence-electron chi connectivity index (χ4n) is 2.17. The fourth-order valence-corrected chi connectivity index (χ4v) is 2.17. The van der Waals surface area contributed by atoms with Crippen molar-refractivity contribution in [1.29, 1.82) is 0 Å². The van der Waals surface area contributed by atoms with Crippen LogP contribution in [0.4, 0.5) is 0 Å². The van der Waals surface area contributed by atoms with Crippen molar-refractivity contribution in [2.75, 3.05) is 0 Å². The zero-order valence-corrected chi connectivity index (χ0v) is 11.6. The van der Waals surface area contributed by atoms with Gasteiger partial charge in [-0.25, -0.2) is 10.8 Å². The normalized spacial score (nSPS) is 19.0. The molecule has 3 amide bonds. The summed E-state index contributed by atoms with van der Waals surface area (Å²) in [5.74, 6) is 4.06. The average molecular weight is 294 g/mol. The fraction of sp³-hybridized carbons (Fsp3) is 0.500. The molecule has 0 bridgehead atoms. The van der Waals surface area contributed by atoms with E-state index < -0.39 is 23.9 Å². The zero-order chi connectivity index (χ0) is 15.4.